The van der Waals surface area contributed by atoms with Crippen molar-refractivity contribution in [2.75, 3.05) is 0 Å². The average molecular weight is 273 g/mol. The second kappa shape index (κ2) is 5.35. The van der Waals surface area contributed by atoms with Crippen molar-refractivity contribution < 1.29 is 4.74 Å². The van der Waals surface area contributed by atoms with Crippen LogP contribution >= 0.6 is 11.3 Å². The summed E-state index contributed by atoms with van der Waals surface area (Å²) < 4.78 is 5.95. The summed E-state index contributed by atoms with van der Waals surface area (Å²) in [6.07, 6.45) is 3.06. The minimum absolute atomic E-state index is 0.0655. The Morgan fingerprint density at radius 1 is 1.26 bits per heavy atom. The lowest BCUT2D eigenvalue weighted by Gasteiger charge is -2.18. The Hall–Kier alpha value is -1.32. The summed E-state index contributed by atoms with van der Waals surface area (Å²) >= 11 is 1.87. The number of rotatable bonds is 4. The highest BCUT2D eigenvalue weighted by molar-refractivity contribution is 7.11. The molecule has 1 aromatic heterocycles. The standard InChI is InChI=1S/C16H19NOS/c1-2-12-7-8-13(19-12)10-14(17)16-9-11-5-3-4-6-15(11)18-16/h3-8,14,16H,2,9-10,17H2,1H3. The van der Waals surface area contributed by atoms with Gasteiger partial charge in [0, 0.05) is 28.6 Å². The Kier molecular flexibility index (Phi) is 3.58. The van der Waals surface area contributed by atoms with Crippen LogP contribution in [0, 0.1) is 0 Å². The summed E-state index contributed by atoms with van der Waals surface area (Å²) in [6.45, 7) is 2.19. The second-order valence-corrected chi connectivity index (χ2v) is 6.31. The molecule has 0 fully saturated rings. The fourth-order valence-corrected chi connectivity index (χ4v) is 3.56. The summed E-state index contributed by atoms with van der Waals surface area (Å²) in [6, 6.07) is 12.7. The van der Waals surface area contributed by atoms with Crippen LogP contribution in [-0.4, -0.2) is 12.1 Å². The second-order valence-electron chi connectivity index (χ2n) is 5.06. The maximum atomic E-state index is 6.32. The Bertz CT molecular complexity index is 538. The molecule has 0 saturated carbocycles. The van der Waals surface area contributed by atoms with Gasteiger partial charge in [0.05, 0.1) is 0 Å². The van der Waals surface area contributed by atoms with Gasteiger partial charge in [0.15, 0.2) is 0 Å². The van der Waals surface area contributed by atoms with Crippen LogP contribution < -0.4 is 10.5 Å². The molecule has 3 rings (SSSR count). The number of aryl methyl sites for hydroxylation is 1. The van der Waals surface area contributed by atoms with Gasteiger partial charge in [-0.2, -0.15) is 0 Å². The van der Waals surface area contributed by atoms with Crippen LogP contribution in [-0.2, 0) is 19.3 Å². The third kappa shape index (κ3) is 2.67. The monoisotopic (exact) mass is 273 g/mol. The number of ether oxygens (including phenoxy) is 1. The molecule has 0 bridgehead atoms. The first-order valence-corrected chi connectivity index (χ1v) is 7.65. The van der Waals surface area contributed by atoms with Crippen molar-refractivity contribution in [1.82, 2.24) is 0 Å². The van der Waals surface area contributed by atoms with E-state index in [1.54, 1.807) is 0 Å². The van der Waals surface area contributed by atoms with Gasteiger partial charge >= 0.3 is 0 Å². The van der Waals surface area contributed by atoms with Gasteiger partial charge in [-0.3, -0.25) is 0 Å². The van der Waals surface area contributed by atoms with E-state index in [-0.39, 0.29) is 12.1 Å². The lowest BCUT2D eigenvalue weighted by atomic mass is 10.0. The van der Waals surface area contributed by atoms with E-state index in [4.69, 9.17) is 10.5 Å². The SMILES string of the molecule is CCc1ccc(CC(N)C2Cc3ccccc3O2)s1. The number of hydrogen-bond donors (Lipinski definition) is 1. The van der Waals surface area contributed by atoms with Crippen molar-refractivity contribution in [3.63, 3.8) is 0 Å². The smallest absolute Gasteiger partial charge is 0.123 e. The molecule has 1 aliphatic heterocycles. The van der Waals surface area contributed by atoms with Crippen LogP contribution in [0.15, 0.2) is 36.4 Å². The molecule has 1 aliphatic rings. The third-order valence-electron chi connectivity index (χ3n) is 3.65. The molecular formula is C16H19NOS. The molecule has 1 aromatic carbocycles. The molecule has 3 heteroatoms. The van der Waals surface area contributed by atoms with Crippen LogP contribution in [0.2, 0.25) is 0 Å². The van der Waals surface area contributed by atoms with E-state index >= 15 is 0 Å². The highest BCUT2D eigenvalue weighted by Crippen LogP contribution is 2.30. The molecule has 0 amide bonds. The zero-order valence-electron chi connectivity index (χ0n) is 11.1. The maximum Gasteiger partial charge on any atom is 0.123 e. The Labute approximate surface area is 118 Å². The van der Waals surface area contributed by atoms with Gasteiger partial charge < -0.3 is 10.5 Å². The molecule has 19 heavy (non-hydrogen) atoms. The quantitative estimate of drug-likeness (QED) is 0.928. The first-order valence-electron chi connectivity index (χ1n) is 6.84. The summed E-state index contributed by atoms with van der Waals surface area (Å²) in [5.74, 6) is 1.00. The fraction of sp³-hybridized carbons (Fsp3) is 0.375. The number of thiophene rings is 1. The van der Waals surface area contributed by atoms with E-state index in [1.165, 1.54) is 15.3 Å². The van der Waals surface area contributed by atoms with Gasteiger partial charge in [-0.25, -0.2) is 0 Å². The van der Waals surface area contributed by atoms with Crippen LogP contribution in [0.5, 0.6) is 5.75 Å². The van der Waals surface area contributed by atoms with Crippen molar-refractivity contribution in [1.29, 1.82) is 0 Å². The molecule has 0 aliphatic carbocycles. The number of fused-ring (bicyclic) bond motifs is 1. The molecule has 2 N–H and O–H groups in total. The number of hydrogen-bond acceptors (Lipinski definition) is 3. The zero-order valence-corrected chi connectivity index (χ0v) is 12.0. The predicted molar refractivity (Wildman–Crippen MR) is 79.9 cm³/mol. The van der Waals surface area contributed by atoms with Gasteiger partial charge in [0.25, 0.3) is 0 Å². The number of para-hydroxylation sites is 1. The van der Waals surface area contributed by atoms with Crippen LogP contribution in [0.1, 0.15) is 22.2 Å². The molecule has 2 atom stereocenters. The van der Waals surface area contributed by atoms with Crippen molar-refractivity contribution in [2.24, 2.45) is 5.73 Å². The Morgan fingerprint density at radius 2 is 2.05 bits per heavy atom. The molecule has 2 unspecified atom stereocenters. The first kappa shape index (κ1) is 12.7. The van der Waals surface area contributed by atoms with E-state index in [1.807, 2.05) is 23.5 Å². The Morgan fingerprint density at radius 3 is 2.79 bits per heavy atom. The van der Waals surface area contributed by atoms with Crippen LogP contribution in [0.3, 0.4) is 0 Å². The normalized spacial score (nSPS) is 18.9. The van der Waals surface area contributed by atoms with E-state index in [0.29, 0.717) is 0 Å². The summed E-state index contributed by atoms with van der Waals surface area (Å²) in [7, 11) is 0. The largest absolute Gasteiger partial charge is 0.488 e. The molecule has 0 spiro atoms. The first-order chi connectivity index (χ1) is 9.26. The van der Waals surface area contributed by atoms with Crippen LogP contribution in [0.25, 0.3) is 0 Å². The lowest BCUT2D eigenvalue weighted by molar-refractivity contribution is 0.198. The van der Waals surface area contributed by atoms with Gasteiger partial charge in [-0.15, -0.1) is 11.3 Å². The molecule has 2 nitrogen and oxygen atoms in total. The lowest BCUT2D eigenvalue weighted by Crippen LogP contribution is -2.39. The van der Waals surface area contributed by atoms with Gasteiger partial charge in [0.1, 0.15) is 11.9 Å². The van der Waals surface area contributed by atoms with Crippen LogP contribution in [0.4, 0.5) is 0 Å². The van der Waals surface area contributed by atoms with E-state index < -0.39 is 0 Å². The predicted octanol–water partition coefficient (Wildman–Crippen LogP) is 3.18. The van der Waals surface area contributed by atoms with E-state index in [9.17, 15) is 0 Å². The Balaban J connectivity index is 1.65. The zero-order chi connectivity index (χ0) is 13.2. The minimum Gasteiger partial charge on any atom is -0.488 e. The van der Waals surface area contributed by atoms with Crippen molar-refractivity contribution >= 4 is 11.3 Å². The van der Waals surface area contributed by atoms with Gasteiger partial charge in [0.2, 0.25) is 0 Å². The fourth-order valence-electron chi connectivity index (χ4n) is 2.53. The average Bonchev–Trinajstić information content (AvgIpc) is 3.04. The molecule has 2 heterocycles. The van der Waals surface area contributed by atoms with Crippen molar-refractivity contribution in [2.45, 2.75) is 38.3 Å². The van der Waals surface area contributed by atoms with Crippen molar-refractivity contribution in [3.8, 4) is 5.75 Å². The molecule has 0 saturated heterocycles. The molecular weight excluding hydrogens is 254 g/mol. The molecule has 100 valence electrons. The van der Waals surface area contributed by atoms with Gasteiger partial charge in [-0.1, -0.05) is 25.1 Å². The highest BCUT2D eigenvalue weighted by Gasteiger charge is 2.28. The van der Waals surface area contributed by atoms with E-state index in [2.05, 4.69) is 31.2 Å². The highest BCUT2D eigenvalue weighted by atomic mass is 32.1. The number of nitrogens with two attached hydrogens (primary N) is 1. The van der Waals surface area contributed by atoms with E-state index in [0.717, 1.165) is 25.0 Å². The maximum absolute atomic E-state index is 6.32. The third-order valence-corrected chi connectivity index (χ3v) is 4.90. The summed E-state index contributed by atoms with van der Waals surface area (Å²) in [5.41, 5.74) is 7.60. The number of benzene rings is 1. The van der Waals surface area contributed by atoms with Crippen molar-refractivity contribution in [3.05, 3.63) is 51.7 Å². The molecule has 0 radical (unpaired) electrons. The minimum atomic E-state index is 0.0655. The summed E-state index contributed by atoms with van der Waals surface area (Å²) in [4.78, 5) is 2.79. The summed E-state index contributed by atoms with van der Waals surface area (Å²) in [5, 5.41) is 0. The molecule has 2 aromatic rings. The van der Waals surface area contributed by atoms with Gasteiger partial charge in [-0.05, 0) is 30.2 Å². The topological polar surface area (TPSA) is 35.2 Å².